The lowest BCUT2D eigenvalue weighted by Gasteiger charge is -2.32. The van der Waals surface area contributed by atoms with Crippen molar-refractivity contribution in [2.45, 2.75) is 50.4 Å². The Hall–Kier alpha value is -1.90. The van der Waals surface area contributed by atoms with Gasteiger partial charge in [0.1, 0.15) is 11.6 Å². The van der Waals surface area contributed by atoms with Gasteiger partial charge in [-0.2, -0.15) is 5.10 Å². The van der Waals surface area contributed by atoms with Crippen LogP contribution in [-0.4, -0.2) is 53.1 Å². The van der Waals surface area contributed by atoms with Crippen molar-refractivity contribution in [2.24, 2.45) is 0 Å². The predicted octanol–water partition coefficient (Wildman–Crippen LogP) is 1.28. The zero-order chi connectivity index (χ0) is 16.0. The van der Waals surface area contributed by atoms with Crippen LogP contribution in [0.1, 0.15) is 49.2 Å². The summed E-state index contributed by atoms with van der Waals surface area (Å²) in [5, 5.41) is 12.0. The first-order valence-electron chi connectivity index (χ1n) is 7.87. The molecule has 0 saturated heterocycles. The number of thioether (sulfide) groups is 1. The summed E-state index contributed by atoms with van der Waals surface area (Å²) in [6.07, 6.45) is 2.38. The minimum Gasteiger partial charge on any atom is -0.330 e. The molecular weight excluding hydrogens is 314 g/mol. The maximum absolute atomic E-state index is 12.5. The first-order chi connectivity index (χ1) is 11.1. The summed E-state index contributed by atoms with van der Waals surface area (Å²) >= 11 is 1.36. The number of carbonyl (C=O) groups is 1. The van der Waals surface area contributed by atoms with Crippen LogP contribution in [0.15, 0.2) is 5.16 Å². The van der Waals surface area contributed by atoms with Gasteiger partial charge in [-0.1, -0.05) is 11.8 Å². The van der Waals surface area contributed by atoms with E-state index in [1.54, 1.807) is 0 Å². The van der Waals surface area contributed by atoms with Gasteiger partial charge in [-0.3, -0.25) is 9.89 Å². The zero-order valence-electron chi connectivity index (χ0n) is 13.2. The van der Waals surface area contributed by atoms with E-state index in [-0.39, 0.29) is 11.9 Å². The third-order valence-corrected chi connectivity index (χ3v) is 5.11. The van der Waals surface area contributed by atoms with Crippen molar-refractivity contribution in [1.82, 2.24) is 34.8 Å². The monoisotopic (exact) mass is 333 g/mol. The standard InChI is InChI=1S/C14H19N7OS/c1-8-13-16-12(10-3-4-10)19-21(13)6-5-20(8)11(22)7-23-14-15-9(2)17-18-14/h8,10H,3-7H2,1-2H3,(H,15,17,18)/t8-/m1/s1. The second kappa shape index (κ2) is 5.63. The van der Waals surface area contributed by atoms with Gasteiger partial charge in [0.25, 0.3) is 0 Å². The molecular formula is C14H19N7OS. The van der Waals surface area contributed by atoms with Gasteiger partial charge in [0, 0.05) is 12.5 Å². The van der Waals surface area contributed by atoms with Crippen molar-refractivity contribution >= 4 is 17.7 Å². The SMILES string of the molecule is Cc1nc(SCC(=O)N2CCn3nc(C4CC4)nc3[C@H]2C)n[nH]1. The first kappa shape index (κ1) is 14.7. The molecule has 1 aliphatic carbocycles. The molecule has 2 aliphatic rings. The average molecular weight is 333 g/mol. The van der Waals surface area contributed by atoms with Gasteiger partial charge in [0.2, 0.25) is 11.1 Å². The third-order valence-electron chi connectivity index (χ3n) is 4.27. The van der Waals surface area contributed by atoms with Crippen molar-refractivity contribution in [1.29, 1.82) is 0 Å². The number of hydrogen-bond acceptors (Lipinski definition) is 6. The Balaban J connectivity index is 1.43. The highest BCUT2D eigenvalue weighted by molar-refractivity contribution is 7.99. The highest BCUT2D eigenvalue weighted by Gasteiger charge is 2.34. The molecule has 2 aromatic heterocycles. The number of rotatable bonds is 4. The molecule has 1 N–H and O–H groups in total. The topological polar surface area (TPSA) is 92.6 Å². The Bertz CT molecular complexity index is 735. The fourth-order valence-electron chi connectivity index (χ4n) is 2.83. The van der Waals surface area contributed by atoms with Gasteiger partial charge in [-0.05, 0) is 26.7 Å². The molecule has 0 aromatic carbocycles. The van der Waals surface area contributed by atoms with E-state index in [4.69, 9.17) is 0 Å². The maximum atomic E-state index is 12.5. The number of amides is 1. The number of hydrogen-bond donors (Lipinski definition) is 1. The van der Waals surface area contributed by atoms with Gasteiger partial charge in [-0.25, -0.2) is 14.6 Å². The van der Waals surface area contributed by atoms with Gasteiger partial charge in [0.05, 0.1) is 18.3 Å². The summed E-state index contributed by atoms with van der Waals surface area (Å²) in [6, 6.07) is -0.0364. The fourth-order valence-corrected chi connectivity index (χ4v) is 3.56. The number of H-pyrrole nitrogens is 1. The lowest BCUT2D eigenvalue weighted by molar-refractivity contribution is -0.131. The van der Waals surface area contributed by atoms with Crippen LogP contribution in [-0.2, 0) is 11.3 Å². The van der Waals surface area contributed by atoms with E-state index < -0.39 is 0 Å². The smallest absolute Gasteiger partial charge is 0.233 e. The average Bonchev–Trinajstić information content (AvgIpc) is 3.15. The van der Waals surface area contributed by atoms with E-state index in [9.17, 15) is 4.79 Å². The Morgan fingerprint density at radius 2 is 2.17 bits per heavy atom. The first-order valence-corrected chi connectivity index (χ1v) is 8.86. The Kier molecular flexibility index (Phi) is 3.59. The van der Waals surface area contributed by atoms with Crippen LogP contribution in [0.4, 0.5) is 0 Å². The van der Waals surface area contributed by atoms with Crippen LogP contribution in [0.5, 0.6) is 0 Å². The van der Waals surface area contributed by atoms with Crippen LogP contribution < -0.4 is 0 Å². The van der Waals surface area contributed by atoms with Crippen LogP contribution >= 0.6 is 11.8 Å². The number of aromatic nitrogens is 6. The highest BCUT2D eigenvalue weighted by atomic mass is 32.2. The minimum atomic E-state index is -0.0364. The minimum absolute atomic E-state index is 0.0364. The number of fused-ring (bicyclic) bond motifs is 1. The Labute approximate surface area is 138 Å². The molecule has 8 nitrogen and oxygen atoms in total. The molecule has 4 rings (SSSR count). The van der Waals surface area contributed by atoms with Gasteiger partial charge in [0.15, 0.2) is 5.82 Å². The molecule has 3 heterocycles. The zero-order valence-corrected chi connectivity index (χ0v) is 14.0. The normalized spacial score (nSPS) is 20.6. The molecule has 1 saturated carbocycles. The van der Waals surface area contributed by atoms with Gasteiger partial charge in [-0.15, -0.1) is 5.10 Å². The maximum Gasteiger partial charge on any atom is 0.233 e. The molecule has 2 aromatic rings. The second-order valence-electron chi connectivity index (χ2n) is 6.08. The van der Waals surface area contributed by atoms with Crippen molar-refractivity contribution < 1.29 is 4.79 Å². The molecule has 1 atom stereocenters. The van der Waals surface area contributed by atoms with Crippen LogP contribution in [0.3, 0.4) is 0 Å². The number of aromatic amines is 1. The largest absolute Gasteiger partial charge is 0.330 e. The van der Waals surface area contributed by atoms with Crippen molar-refractivity contribution in [2.75, 3.05) is 12.3 Å². The van der Waals surface area contributed by atoms with Crippen molar-refractivity contribution in [3.63, 3.8) is 0 Å². The highest BCUT2D eigenvalue weighted by Crippen LogP contribution is 2.39. The van der Waals surface area contributed by atoms with Gasteiger partial charge >= 0.3 is 0 Å². The summed E-state index contributed by atoms with van der Waals surface area (Å²) in [7, 11) is 0. The van der Waals surface area contributed by atoms with E-state index in [2.05, 4.69) is 25.3 Å². The summed E-state index contributed by atoms with van der Waals surface area (Å²) in [6.45, 7) is 5.26. The molecule has 9 heteroatoms. The number of nitrogens with one attached hydrogen (secondary N) is 1. The lowest BCUT2D eigenvalue weighted by Crippen LogP contribution is -2.42. The molecule has 1 amide bonds. The molecule has 122 valence electrons. The molecule has 1 aliphatic heterocycles. The van der Waals surface area contributed by atoms with Gasteiger partial charge < -0.3 is 4.90 Å². The summed E-state index contributed by atoms with van der Waals surface area (Å²) < 4.78 is 1.97. The van der Waals surface area contributed by atoms with E-state index in [0.717, 1.165) is 24.0 Å². The van der Waals surface area contributed by atoms with Crippen molar-refractivity contribution in [3.8, 4) is 0 Å². The van der Waals surface area contributed by atoms with Crippen LogP contribution in [0.2, 0.25) is 0 Å². The number of aryl methyl sites for hydroxylation is 1. The second-order valence-corrected chi connectivity index (χ2v) is 7.02. The van der Waals surface area contributed by atoms with Crippen LogP contribution in [0.25, 0.3) is 0 Å². The molecule has 23 heavy (non-hydrogen) atoms. The van der Waals surface area contributed by atoms with E-state index in [0.29, 0.717) is 23.4 Å². The molecule has 0 bridgehead atoms. The Morgan fingerprint density at radius 3 is 2.87 bits per heavy atom. The summed E-state index contributed by atoms with van der Waals surface area (Å²) in [5.41, 5.74) is 0. The summed E-state index contributed by atoms with van der Waals surface area (Å²) in [5.74, 6) is 3.58. The lowest BCUT2D eigenvalue weighted by atomic mass is 10.2. The van der Waals surface area contributed by atoms with Crippen molar-refractivity contribution in [3.05, 3.63) is 17.5 Å². The predicted molar refractivity (Wildman–Crippen MR) is 84.0 cm³/mol. The van der Waals surface area contributed by atoms with E-state index in [1.807, 2.05) is 23.4 Å². The number of carbonyl (C=O) groups excluding carboxylic acids is 1. The quantitative estimate of drug-likeness (QED) is 0.847. The molecule has 0 radical (unpaired) electrons. The Morgan fingerprint density at radius 1 is 1.35 bits per heavy atom. The third kappa shape index (κ3) is 2.85. The van der Waals surface area contributed by atoms with Crippen LogP contribution in [0, 0.1) is 6.92 Å². The number of nitrogens with zero attached hydrogens (tertiary/aromatic N) is 6. The van der Waals surface area contributed by atoms with E-state index in [1.165, 1.54) is 24.6 Å². The van der Waals surface area contributed by atoms with E-state index >= 15 is 0 Å². The molecule has 0 spiro atoms. The molecule has 1 fully saturated rings. The summed E-state index contributed by atoms with van der Waals surface area (Å²) in [4.78, 5) is 23.3. The fraction of sp³-hybridized carbons (Fsp3) is 0.643. The molecule has 0 unspecified atom stereocenters.